The number of unbranched alkanes of at least 4 members (excludes halogenated alkanes) is 2. The largest absolute Gasteiger partial charge is 0.590 e. The summed E-state index contributed by atoms with van der Waals surface area (Å²) in [5.41, 5.74) is -1.56. The minimum Gasteiger partial charge on any atom is -0.590 e. The summed E-state index contributed by atoms with van der Waals surface area (Å²) in [4.78, 5) is 37.3. The summed E-state index contributed by atoms with van der Waals surface area (Å²) < 4.78 is 26.0. The summed E-state index contributed by atoms with van der Waals surface area (Å²) in [5.74, 6) is -0.866. The maximum atomic E-state index is 13.0. The normalized spacial score (nSPS) is 13.4. The summed E-state index contributed by atoms with van der Waals surface area (Å²) in [5, 5.41) is 18.6. The van der Waals surface area contributed by atoms with Gasteiger partial charge in [-0.3, -0.25) is 14.4 Å². The van der Waals surface area contributed by atoms with E-state index in [4.69, 9.17) is 0 Å². The number of aliphatic hydroxyl groups excluding tert-OH is 1. The molecule has 2 unspecified atom stereocenters. The van der Waals surface area contributed by atoms with E-state index in [-0.39, 0.29) is 27.8 Å². The third kappa shape index (κ3) is 9.57. The van der Waals surface area contributed by atoms with Crippen molar-refractivity contribution < 1.29 is 24.1 Å². The molecule has 0 aromatic carbocycles. The molecular weight excluding hydrogens is 512 g/mol. The van der Waals surface area contributed by atoms with Crippen LogP contribution in [-0.4, -0.2) is 31.9 Å². The summed E-state index contributed by atoms with van der Waals surface area (Å²) in [6.45, 7) is 7.38. The fourth-order valence-electron chi connectivity index (χ4n) is 3.87. The molecule has 9 heteroatoms. The Balaban J connectivity index is 2.14. The third-order valence-electron chi connectivity index (χ3n) is 6.50. The predicted octanol–water partition coefficient (Wildman–Crippen LogP) is 5.59. The van der Waals surface area contributed by atoms with E-state index in [2.05, 4.69) is 0 Å². The van der Waals surface area contributed by atoms with Crippen LogP contribution in [0.5, 0.6) is 0 Å². The second-order valence-electron chi connectivity index (χ2n) is 10.9. The Hall–Kier alpha value is -2.17. The van der Waals surface area contributed by atoms with Crippen molar-refractivity contribution >= 4 is 39.6 Å². The van der Waals surface area contributed by atoms with Gasteiger partial charge >= 0.3 is 5.97 Å². The molecule has 0 radical (unpaired) electrons. The van der Waals surface area contributed by atoms with Crippen LogP contribution >= 0.6 is 21.5 Å². The number of carboxylic acid groups (broad SMARTS) is 1. The van der Waals surface area contributed by atoms with E-state index in [1.54, 1.807) is 13.8 Å². The molecule has 0 saturated carbocycles. The summed E-state index contributed by atoms with van der Waals surface area (Å²) in [6.07, 6.45) is 7.99. The van der Waals surface area contributed by atoms with Crippen LogP contribution in [0.25, 0.3) is 12.2 Å². The van der Waals surface area contributed by atoms with E-state index >= 15 is 0 Å². The Labute approximate surface area is 224 Å². The van der Waals surface area contributed by atoms with Gasteiger partial charge in [-0.1, -0.05) is 26.7 Å². The highest BCUT2D eigenvalue weighted by Gasteiger charge is 2.26. The van der Waals surface area contributed by atoms with Gasteiger partial charge in [-0.25, -0.2) is 0 Å². The molecule has 2 heterocycles. The molecule has 7 nitrogen and oxygen atoms in total. The Morgan fingerprint density at radius 3 is 1.65 bits per heavy atom. The number of aryl methyl sites for hydroxylation is 2. The van der Waals surface area contributed by atoms with Crippen LogP contribution in [-0.2, 0) is 17.6 Å². The molecule has 0 fully saturated rings. The van der Waals surface area contributed by atoms with Gasteiger partial charge < -0.3 is 19.3 Å². The van der Waals surface area contributed by atoms with Gasteiger partial charge in [0.25, 0.3) is 0 Å². The van der Waals surface area contributed by atoms with Crippen molar-refractivity contribution in [2.75, 3.05) is 6.61 Å². The SMILES string of the molecule is CC(C)(CO)CCCCc1cc(=O)cc(C=Cc2cc(=O)cc(CCCCC(C)(C)C(=O)O)[s+]2[O-])[s+]1[O-]. The van der Waals surface area contributed by atoms with Gasteiger partial charge in [0.05, 0.1) is 5.41 Å². The van der Waals surface area contributed by atoms with Gasteiger partial charge in [0.1, 0.15) is 0 Å². The van der Waals surface area contributed by atoms with E-state index < -0.39 is 32.9 Å². The zero-order valence-corrected chi connectivity index (χ0v) is 23.7. The lowest BCUT2D eigenvalue weighted by Gasteiger charge is -2.20. The fourth-order valence-corrected chi connectivity index (χ4v) is 6.41. The highest BCUT2D eigenvalue weighted by molar-refractivity contribution is 7.26. The van der Waals surface area contributed by atoms with E-state index in [0.717, 1.165) is 19.3 Å². The average Bonchev–Trinajstić information content (AvgIpc) is 2.82. The molecule has 2 atom stereocenters. The number of carbonyl (C=O) groups is 1. The lowest BCUT2D eigenvalue weighted by atomic mass is 9.87. The Kier molecular flexibility index (Phi) is 11.4. The second kappa shape index (κ2) is 13.6. The zero-order valence-electron chi connectivity index (χ0n) is 22.1. The molecule has 204 valence electrons. The highest BCUT2D eigenvalue weighted by atomic mass is 32.2. The topological polar surface area (TPSA) is 138 Å². The summed E-state index contributed by atoms with van der Waals surface area (Å²) >= 11 is 0. The monoisotopic (exact) mass is 550 g/mol. The predicted molar refractivity (Wildman–Crippen MR) is 149 cm³/mol. The lowest BCUT2D eigenvalue weighted by molar-refractivity contribution is -0.147. The number of aliphatic carboxylic acids is 1. The summed E-state index contributed by atoms with van der Waals surface area (Å²) in [6, 6.07) is 5.33. The Bertz CT molecular complexity index is 1220. The van der Waals surface area contributed by atoms with Crippen molar-refractivity contribution in [2.24, 2.45) is 10.8 Å². The number of aliphatic hydroxyl groups is 1. The van der Waals surface area contributed by atoms with Crippen LogP contribution in [0.3, 0.4) is 0 Å². The van der Waals surface area contributed by atoms with Gasteiger partial charge in [-0.15, -0.1) is 0 Å². The van der Waals surface area contributed by atoms with Crippen LogP contribution in [0.2, 0.25) is 0 Å². The van der Waals surface area contributed by atoms with Crippen molar-refractivity contribution in [1.82, 2.24) is 0 Å². The van der Waals surface area contributed by atoms with E-state index in [0.29, 0.717) is 46.7 Å². The number of hydrogen-bond donors (Lipinski definition) is 2. The fraction of sp³-hybridized carbons (Fsp3) is 0.536. The van der Waals surface area contributed by atoms with Gasteiger partial charge in [0, 0.05) is 55.9 Å². The Morgan fingerprint density at radius 1 is 0.811 bits per heavy atom. The average molecular weight is 551 g/mol. The standard InChI is InChI=1S/C28H38O7S2/c1-27(2,19-29)13-7-5-9-22-15-20(30)17-24(36(22)34)11-12-25-18-21(31)16-23(37(25)35)10-6-8-14-28(3,4)26(32)33/h11-12,15-18,29H,5-10,13-14,19H2,1-4H3,(H,32,33). The van der Waals surface area contributed by atoms with Crippen LogP contribution < -0.4 is 10.9 Å². The van der Waals surface area contributed by atoms with Crippen LogP contribution in [0, 0.1) is 10.8 Å². The maximum absolute atomic E-state index is 13.0. The number of rotatable bonds is 14. The van der Waals surface area contributed by atoms with Gasteiger partial charge in [0.2, 0.25) is 0 Å². The molecule has 2 aromatic heterocycles. The smallest absolute Gasteiger partial charge is 0.309 e. The first-order valence-electron chi connectivity index (χ1n) is 12.5. The molecule has 0 aliphatic heterocycles. The van der Waals surface area contributed by atoms with Crippen molar-refractivity contribution in [3.63, 3.8) is 0 Å². The van der Waals surface area contributed by atoms with Crippen LogP contribution in [0.1, 0.15) is 85.7 Å². The lowest BCUT2D eigenvalue weighted by Crippen LogP contribution is -2.23. The summed E-state index contributed by atoms with van der Waals surface area (Å²) in [7, 11) is -3.09. The second-order valence-corrected chi connectivity index (χ2v) is 14.0. The van der Waals surface area contributed by atoms with Crippen molar-refractivity contribution in [2.45, 2.75) is 79.1 Å². The molecule has 0 bridgehead atoms. The minimum absolute atomic E-state index is 0.0946. The van der Waals surface area contributed by atoms with Gasteiger partial charge in [-0.2, -0.15) is 0 Å². The molecule has 0 amide bonds. The highest BCUT2D eigenvalue weighted by Crippen LogP contribution is 2.31. The number of hydrogen-bond acceptors (Lipinski definition) is 6. The van der Waals surface area contributed by atoms with E-state index in [1.807, 2.05) is 13.8 Å². The third-order valence-corrected chi connectivity index (χ3v) is 9.46. The molecule has 0 spiro atoms. The molecule has 37 heavy (non-hydrogen) atoms. The van der Waals surface area contributed by atoms with E-state index in [9.17, 15) is 33.7 Å². The first kappa shape index (κ1) is 31.1. The molecule has 0 aliphatic carbocycles. The van der Waals surface area contributed by atoms with Gasteiger partial charge in [0.15, 0.2) is 30.4 Å². The Morgan fingerprint density at radius 2 is 1.24 bits per heavy atom. The molecular formula is C28H38O7S2. The van der Waals surface area contributed by atoms with Crippen molar-refractivity contribution in [3.8, 4) is 0 Å². The molecule has 2 N–H and O–H groups in total. The quantitative estimate of drug-likeness (QED) is 0.231. The van der Waals surface area contributed by atoms with Crippen molar-refractivity contribution in [3.05, 3.63) is 64.2 Å². The molecule has 2 aromatic rings. The first-order chi connectivity index (χ1) is 17.3. The van der Waals surface area contributed by atoms with Crippen LogP contribution in [0.15, 0.2) is 33.9 Å². The van der Waals surface area contributed by atoms with Crippen molar-refractivity contribution in [1.29, 1.82) is 0 Å². The first-order valence-corrected chi connectivity index (χ1v) is 14.8. The van der Waals surface area contributed by atoms with Gasteiger partial charge in [-0.05, 0) is 66.4 Å². The zero-order chi connectivity index (χ0) is 27.8. The minimum atomic E-state index is -1.57. The molecule has 0 aliphatic rings. The molecule has 2 rings (SSSR count). The molecule has 0 saturated heterocycles. The van der Waals surface area contributed by atoms with E-state index in [1.165, 1.54) is 36.4 Å². The maximum Gasteiger partial charge on any atom is 0.309 e. The number of carboxylic acids is 1. The van der Waals surface area contributed by atoms with Crippen LogP contribution in [0.4, 0.5) is 0 Å².